The van der Waals surface area contributed by atoms with Crippen LogP contribution >= 0.6 is 23.4 Å². The average molecular weight is 339 g/mol. The number of anilines is 1. The molecule has 8 heteroatoms. The van der Waals surface area contributed by atoms with Crippen LogP contribution in [0.25, 0.3) is 0 Å². The molecule has 20 heavy (non-hydrogen) atoms. The molecule has 0 aliphatic carbocycles. The highest BCUT2D eigenvalue weighted by atomic mass is 35.5. The van der Waals surface area contributed by atoms with Crippen molar-refractivity contribution >= 4 is 39.1 Å². The third kappa shape index (κ3) is 5.14. The Hall–Kier alpha value is -0.470. The van der Waals surface area contributed by atoms with Gasteiger partial charge in [0.2, 0.25) is 10.0 Å². The van der Waals surface area contributed by atoms with Crippen LogP contribution in [0.2, 0.25) is 5.02 Å². The number of sulfonamides is 1. The highest BCUT2D eigenvalue weighted by molar-refractivity contribution is 7.99. The summed E-state index contributed by atoms with van der Waals surface area (Å²) in [6, 6.07) is 2.92. The number of hydrogen-bond donors (Lipinski definition) is 3. The third-order valence-electron chi connectivity index (χ3n) is 2.57. The summed E-state index contributed by atoms with van der Waals surface area (Å²) in [5, 5.41) is 8.98. The van der Waals surface area contributed by atoms with Gasteiger partial charge in [-0.15, -0.1) is 0 Å². The van der Waals surface area contributed by atoms with E-state index in [0.29, 0.717) is 29.3 Å². The zero-order valence-electron chi connectivity index (χ0n) is 11.2. The second-order valence-electron chi connectivity index (χ2n) is 4.23. The molecule has 1 aromatic rings. The van der Waals surface area contributed by atoms with E-state index in [2.05, 4.69) is 4.72 Å². The van der Waals surface area contributed by atoms with E-state index in [-0.39, 0.29) is 17.2 Å². The summed E-state index contributed by atoms with van der Waals surface area (Å²) in [5.74, 6) is 1.46. The molecular formula is C12H19ClN2O3S2. The summed E-state index contributed by atoms with van der Waals surface area (Å²) >= 11 is 7.44. The predicted octanol–water partition coefficient (Wildman–Crippen LogP) is 1.62. The molecule has 0 spiro atoms. The van der Waals surface area contributed by atoms with Gasteiger partial charge in [-0.25, -0.2) is 13.1 Å². The van der Waals surface area contributed by atoms with Crippen molar-refractivity contribution in [3.63, 3.8) is 0 Å². The molecule has 0 aliphatic heterocycles. The van der Waals surface area contributed by atoms with Crippen molar-refractivity contribution in [2.24, 2.45) is 0 Å². The van der Waals surface area contributed by atoms with Crippen LogP contribution in [0.1, 0.15) is 12.0 Å². The van der Waals surface area contributed by atoms with Gasteiger partial charge in [-0.05, 0) is 36.8 Å². The first-order valence-corrected chi connectivity index (χ1v) is 9.14. The maximum atomic E-state index is 12.1. The smallest absolute Gasteiger partial charge is 0.240 e. The standard InChI is InChI=1S/C12H19ClN2O3S2/c1-9-7-10(13)11(14)8-12(9)20(17,18)15-3-6-19-5-2-4-16/h7-8,15-16H,2-6,14H2,1H3. The van der Waals surface area contributed by atoms with Gasteiger partial charge in [0.25, 0.3) is 0 Å². The van der Waals surface area contributed by atoms with Gasteiger partial charge in [-0.2, -0.15) is 11.8 Å². The number of halogens is 1. The van der Waals surface area contributed by atoms with Crippen LogP contribution in [0.15, 0.2) is 17.0 Å². The Kier molecular flexibility index (Phi) is 7.11. The summed E-state index contributed by atoms with van der Waals surface area (Å²) in [7, 11) is -3.57. The number of nitrogens with one attached hydrogen (secondary N) is 1. The largest absolute Gasteiger partial charge is 0.397 e. The highest BCUT2D eigenvalue weighted by Crippen LogP contribution is 2.26. The quantitative estimate of drug-likeness (QED) is 0.495. The number of nitrogens with two attached hydrogens (primary N) is 1. The molecule has 0 aliphatic rings. The van der Waals surface area contributed by atoms with Crippen LogP contribution in [0, 0.1) is 6.92 Å². The Labute approximate surface area is 128 Å². The Balaban J connectivity index is 2.63. The lowest BCUT2D eigenvalue weighted by atomic mass is 10.2. The van der Waals surface area contributed by atoms with E-state index in [1.807, 2.05) is 0 Å². The van der Waals surface area contributed by atoms with Gasteiger partial charge in [-0.1, -0.05) is 11.6 Å². The lowest BCUT2D eigenvalue weighted by Gasteiger charge is -2.11. The van der Waals surface area contributed by atoms with E-state index < -0.39 is 10.0 Å². The number of aryl methyl sites for hydroxylation is 1. The zero-order valence-corrected chi connectivity index (χ0v) is 13.6. The summed E-state index contributed by atoms with van der Waals surface area (Å²) in [6.07, 6.45) is 0.713. The SMILES string of the molecule is Cc1cc(Cl)c(N)cc1S(=O)(=O)NCCSCCCO. The minimum atomic E-state index is -3.57. The molecule has 0 saturated carbocycles. The summed E-state index contributed by atoms with van der Waals surface area (Å²) in [5.41, 5.74) is 6.45. The van der Waals surface area contributed by atoms with E-state index in [4.69, 9.17) is 22.4 Å². The van der Waals surface area contributed by atoms with Crippen LogP contribution in [-0.4, -0.2) is 38.2 Å². The lowest BCUT2D eigenvalue weighted by molar-refractivity contribution is 0.296. The average Bonchev–Trinajstić information content (AvgIpc) is 2.37. The Morgan fingerprint density at radius 3 is 2.75 bits per heavy atom. The van der Waals surface area contributed by atoms with Crippen molar-refractivity contribution in [1.29, 1.82) is 0 Å². The number of thioether (sulfide) groups is 1. The van der Waals surface area contributed by atoms with Gasteiger partial charge < -0.3 is 10.8 Å². The van der Waals surface area contributed by atoms with E-state index >= 15 is 0 Å². The second kappa shape index (κ2) is 8.09. The van der Waals surface area contributed by atoms with Gasteiger partial charge in [0, 0.05) is 18.9 Å². The molecule has 0 saturated heterocycles. The molecule has 0 unspecified atom stereocenters. The first-order valence-electron chi connectivity index (χ1n) is 6.12. The van der Waals surface area contributed by atoms with Gasteiger partial charge >= 0.3 is 0 Å². The number of aliphatic hydroxyl groups is 1. The summed E-state index contributed by atoms with van der Waals surface area (Å²) < 4.78 is 26.8. The van der Waals surface area contributed by atoms with E-state index in [0.717, 1.165) is 5.75 Å². The molecule has 1 rings (SSSR count). The fraction of sp³-hybridized carbons (Fsp3) is 0.500. The first kappa shape index (κ1) is 17.6. The fourth-order valence-electron chi connectivity index (χ4n) is 1.55. The fourth-order valence-corrected chi connectivity index (χ4v) is 3.98. The molecule has 0 heterocycles. The van der Waals surface area contributed by atoms with E-state index in [1.165, 1.54) is 6.07 Å². The van der Waals surface area contributed by atoms with Crippen LogP contribution in [0.4, 0.5) is 5.69 Å². The number of hydrogen-bond acceptors (Lipinski definition) is 5. The molecule has 0 atom stereocenters. The van der Waals surface area contributed by atoms with Crippen LogP contribution < -0.4 is 10.5 Å². The predicted molar refractivity (Wildman–Crippen MR) is 84.8 cm³/mol. The molecule has 5 nitrogen and oxygen atoms in total. The monoisotopic (exact) mass is 338 g/mol. The zero-order chi connectivity index (χ0) is 15.2. The molecule has 1 aromatic carbocycles. The molecule has 0 fully saturated rings. The third-order valence-corrected chi connectivity index (χ3v) is 5.57. The van der Waals surface area contributed by atoms with Gasteiger partial charge in [-0.3, -0.25) is 0 Å². The maximum absolute atomic E-state index is 12.1. The minimum absolute atomic E-state index is 0.153. The Morgan fingerprint density at radius 1 is 1.40 bits per heavy atom. The molecular weight excluding hydrogens is 320 g/mol. The lowest BCUT2D eigenvalue weighted by Crippen LogP contribution is -2.27. The van der Waals surface area contributed by atoms with Crippen molar-refractivity contribution in [3.05, 3.63) is 22.7 Å². The summed E-state index contributed by atoms with van der Waals surface area (Å²) in [4.78, 5) is 0.153. The highest BCUT2D eigenvalue weighted by Gasteiger charge is 2.17. The molecule has 0 bridgehead atoms. The van der Waals surface area contributed by atoms with Gasteiger partial charge in [0.15, 0.2) is 0 Å². The topological polar surface area (TPSA) is 92.4 Å². The van der Waals surface area contributed by atoms with Crippen LogP contribution in [-0.2, 0) is 10.0 Å². The van der Waals surface area contributed by atoms with Crippen molar-refractivity contribution in [2.45, 2.75) is 18.2 Å². The van der Waals surface area contributed by atoms with Gasteiger partial charge in [0.05, 0.1) is 15.6 Å². The molecule has 114 valence electrons. The van der Waals surface area contributed by atoms with Crippen molar-refractivity contribution in [2.75, 3.05) is 30.4 Å². The van der Waals surface area contributed by atoms with Gasteiger partial charge in [0.1, 0.15) is 0 Å². The number of rotatable bonds is 8. The second-order valence-corrected chi connectivity index (χ2v) is 7.59. The Morgan fingerprint density at radius 2 is 2.10 bits per heavy atom. The van der Waals surface area contributed by atoms with E-state index in [1.54, 1.807) is 24.8 Å². The molecule has 4 N–H and O–H groups in total. The molecule has 0 aromatic heterocycles. The van der Waals surface area contributed by atoms with Crippen LogP contribution in [0.3, 0.4) is 0 Å². The number of nitrogen functional groups attached to an aromatic ring is 1. The number of benzene rings is 1. The summed E-state index contributed by atoms with van der Waals surface area (Å²) in [6.45, 7) is 2.16. The Bertz CT molecular complexity index is 550. The first-order chi connectivity index (χ1) is 9.38. The number of aliphatic hydroxyl groups excluding tert-OH is 1. The van der Waals surface area contributed by atoms with Crippen molar-refractivity contribution in [3.8, 4) is 0 Å². The normalized spacial score (nSPS) is 11.8. The minimum Gasteiger partial charge on any atom is -0.397 e. The van der Waals surface area contributed by atoms with E-state index in [9.17, 15) is 8.42 Å². The maximum Gasteiger partial charge on any atom is 0.240 e. The van der Waals surface area contributed by atoms with Crippen LogP contribution in [0.5, 0.6) is 0 Å². The van der Waals surface area contributed by atoms with Crippen molar-refractivity contribution in [1.82, 2.24) is 4.72 Å². The molecule has 0 radical (unpaired) electrons. The van der Waals surface area contributed by atoms with Crippen molar-refractivity contribution < 1.29 is 13.5 Å². The molecule has 0 amide bonds.